The normalized spacial score (nSPS) is 14.4. The van der Waals surface area contributed by atoms with E-state index in [4.69, 9.17) is 34.8 Å². The van der Waals surface area contributed by atoms with E-state index in [0.717, 1.165) is 0 Å². The van der Waals surface area contributed by atoms with Gasteiger partial charge in [-0.05, 0) is 6.07 Å². The molecule has 2 aromatic rings. The lowest BCUT2D eigenvalue weighted by Crippen LogP contribution is -2.16. The molecular formula is C10H6Cl3N3S. The van der Waals surface area contributed by atoms with Crippen LogP contribution in [0, 0.1) is 0 Å². The zero-order valence-corrected chi connectivity index (χ0v) is 11.5. The van der Waals surface area contributed by atoms with E-state index >= 15 is 0 Å². The van der Waals surface area contributed by atoms with Gasteiger partial charge in [0, 0.05) is 5.56 Å². The monoisotopic (exact) mass is 305 g/mol. The van der Waals surface area contributed by atoms with E-state index in [1.807, 2.05) is 0 Å². The van der Waals surface area contributed by atoms with Crippen molar-refractivity contribution in [2.75, 3.05) is 0 Å². The fourth-order valence-electron chi connectivity index (χ4n) is 1.30. The molecule has 0 amide bonds. The Morgan fingerprint density at radius 1 is 1.24 bits per heavy atom. The van der Waals surface area contributed by atoms with Crippen LogP contribution < -0.4 is 0 Å². The summed E-state index contributed by atoms with van der Waals surface area (Å²) >= 11 is 22.7. The van der Waals surface area contributed by atoms with Gasteiger partial charge in [-0.2, -0.15) is 0 Å². The van der Waals surface area contributed by atoms with Crippen LogP contribution in [0.2, 0.25) is 10.0 Å². The summed E-state index contributed by atoms with van der Waals surface area (Å²) in [5.41, 5.74) is 0.924. The van der Waals surface area contributed by atoms with Crippen LogP contribution in [0.25, 0.3) is 0 Å². The smallest absolute Gasteiger partial charge is 0.159 e. The number of benzene rings is 1. The highest BCUT2D eigenvalue weighted by atomic mass is 35.5. The summed E-state index contributed by atoms with van der Waals surface area (Å²) in [6.07, 6.45) is 2.79. The van der Waals surface area contributed by atoms with Gasteiger partial charge in [-0.1, -0.05) is 46.9 Å². The van der Waals surface area contributed by atoms with Crippen molar-refractivity contribution in [1.82, 2.24) is 15.2 Å². The van der Waals surface area contributed by atoms with Gasteiger partial charge in [-0.15, -0.1) is 22.8 Å². The number of aromatic nitrogens is 3. The van der Waals surface area contributed by atoms with E-state index in [0.29, 0.717) is 21.3 Å². The van der Waals surface area contributed by atoms with Crippen molar-refractivity contribution in [3.8, 4) is 0 Å². The van der Waals surface area contributed by atoms with E-state index in [2.05, 4.69) is 27.8 Å². The number of rotatable bonds is 2. The molecule has 7 heteroatoms. The van der Waals surface area contributed by atoms with Crippen LogP contribution in [-0.4, -0.2) is 15.2 Å². The molecule has 0 aliphatic rings. The molecule has 1 aromatic carbocycles. The van der Waals surface area contributed by atoms with Crippen LogP contribution in [0.15, 0.2) is 30.7 Å². The van der Waals surface area contributed by atoms with Gasteiger partial charge in [0.2, 0.25) is 0 Å². The second-order valence-electron chi connectivity index (χ2n) is 3.22. The second kappa shape index (κ2) is 4.98. The Labute approximate surface area is 119 Å². The van der Waals surface area contributed by atoms with Crippen molar-refractivity contribution >= 4 is 47.4 Å². The van der Waals surface area contributed by atoms with Gasteiger partial charge in [-0.3, -0.25) is 0 Å². The maximum Gasteiger partial charge on any atom is 0.159 e. The molecule has 1 atom stereocenters. The first-order chi connectivity index (χ1) is 8.03. The van der Waals surface area contributed by atoms with Crippen molar-refractivity contribution in [2.24, 2.45) is 0 Å². The van der Waals surface area contributed by atoms with Crippen molar-refractivity contribution in [1.29, 1.82) is 0 Å². The molecule has 3 nitrogen and oxygen atoms in total. The first-order valence-electron chi connectivity index (χ1n) is 4.52. The minimum Gasteiger partial charge on any atom is -0.241 e. The minimum absolute atomic E-state index is 0.338. The fourth-order valence-corrected chi connectivity index (χ4v) is 2.39. The first-order valence-corrected chi connectivity index (χ1v) is 6.10. The lowest BCUT2D eigenvalue weighted by Gasteiger charge is -2.21. The van der Waals surface area contributed by atoms with Crippen LogP contribution in [-0.2, 0) is 4.21 Å². The summed E-state index contributed by atoms with van der Waals surface area (Å²) < 4.78 is -1.22. The average Bonchev–Trinajstić information content (AvgIpc) is 2.33. The summed E-state index contributed by atoms with van der Waals surface area (Å²) in [7, 11) is 0. The number of hydrogen-bond acceptors (Lipinski definition) is 4. The maximum absolute atomic E-state index is 6.34. The zero-order valence-electron chi connectivity index (χ0n) is 8.31. The highest BCUT2D eigenvalue weighted by Crippen LogP contribution is 2.43. The third-order valence-electron chi connectivity index (χ3n) is 2.13. The van der Waals surface area contributed by atoms with Gasteiger partial charge < -0.3 is 0 Å². The Morgan fingerprint density at radius 3 is 2.65 bits per heavy atom. The average molecular weight is 307 g/mol. The maximum atomic E-state index is 6.34. The molecule has 1 heterocycles. The number of thiol groups is 1. The lowest BCUT2D eigenvalue weighted by molar-refractivity contribution is 0.854. The first kappa shape index (κ1) is 12.9. The molecule has 17 heavy (non-hydrogen) atoms. The quantitative estimate of drug-likeness (QED) is 0.681. The van der Waals surface area contributed by atoms with Gasteiger partial charge in [0.1, 0.15) is 12.0 Å². The largest absolute Gasteiger partial charge is 0.241 e. The number of nitrogens with zero attached hydrogens (tertiary/aromatic N) is 3. The third-order valence-corrected chi connectivity index (χ3v) is 3.81. The fraction of sp³-hybridized carbons (Fsp3) is 0.100. The van der Waals surface area contributed by atoms with Crippen molar-refractivity contribution in [3.05, 3.63) is 52.0 Å². The van der Waals surface area contributed by atoms with Gasteiger partial charge in [0.05, 0.1) is 16.2 Å². The molecule has 2 rings (SSSR count). The highest BCUT2D eigenvalue weighted by molar-refractivity contribution is 7.83. The summed E-state index contributed by atoms with van der Waals surface area (Å²) in [6.45, 7) is 0. The lowest BCUT2D eigenvalue weighted by atomic mass is 10.1. The molecule has 0 spiro atoms. The molecule has 0 saturated heterocycles. The summed E-state index contributed by atoms with van der Waals surface area (Å²) in [5.74, 6) is 0. The van der Waals surface area contributed by atoms with Gasteiger partial charge in [0.15, 0.2) is 4.21 Å². The Balaban J connectivity index is 2.56. The van der Waals surface area contributed by atoms with Gasteiger partial charge in [-0.25, -0.2) is 4.98 Å². The van der Waals surface area contributed by atoms with E-state index in [-0.39, 0.29) is 0 Å². The van der Waals surface area contributed by atoms with E-state index in [9.17, 15) is 0 Å². The standard InChI is InChI=1S/C10H6Cl3N3S/c11-7-3-1-2-6(9(7)12)10(13,17)8-4-14-5-15-16-8/h1-5,17H. The van der Waals surface area contributed by atoms with Crippen molar-refractivity contribution in [2.45, 2.75) is 4.21 Å². The van der Waals surface area contributed by atoms with Crippen LogP contribution in [0.4, 0.5) is 0 Å². The molecule has 0 saturated carbocycles. The Morgan fingerprint density at radius 2 is 2.00 bits per heavy atom. The van der Waals surface area contributed by atoms with Crippen LogP contribution in [0.1, 0.15) is 11.3 Å². The highest BCUT2D eigenvalue weighted by Gasteiger charge is 2.32. The predicted octanol–water partition coefficient (Wildman–Crippen LogP) is 3.55. The van der Waals surface area contributed by atoms with E-state index < -0.39 is 4.21 Å². The van der Waals surface area contributed by atoms with E-state index in [1.54, 1.807) is 18.2 Å². The Kier molecular flexibility index (Phi) is 3.78. The molecule has 0 radical (unpaired) electrons. The van der Waals surface area contributed by atoms with Crippen molar-refractivity contribution < 1.29 is 0 Å². The third kappa shape index (κ3) is 2.50. The molecule has 1 aromatic heterocycles. The topological polar surface area (TPSA) is 38.7 Å². The zero-order chi connectivity index (χ0) is 12.5. The molecule has 0 aliphatic carbocycles. The van der Waals surface area contributed by atoms with E-state index in [1.165, 1.54) is 12.5 Å². The predicted molar refractivity (Wildman–Crippen MR) is 71.9 cm³/mol. The van der Waals surface area contributed by atoms with Crippen molar-refractivity contribution in [3.63, 3.8) is 0 Å². The molecular weight excluding hydrogens is 301 g/mol. The molecule has 88 valence electrons. The SMILES string of the molecule is SC(Cl)(c1cncnn1)c1cccc(Cl)c1Cl. The number of hydrogen-bond donors (Lipinski definition) is 1. The number of halogens is 3. The summed E-state index contributed by atoms with van der Waals surface area (Å²) in [4.78, 5) is 3.85. The summed E-state index contributed by atoms with van der Waals surface area (Å²) in [6, 6.07) is 5.13. The second-order valence-corrected chi connectivity index (χ2v) is 5.50. The van der Waals surface area contributed by atoms with Crippen LogP contribution in [0.3, 0.4) is 0 Å². The molecule has 0 N–H and O–H groups in total. The Hall–Kier alpha value is -0.550. The van der Waals surface area contributed by atoms with Gasteiger partial charge in [0.25, 0.3) is 0 Å². The summed E-state index contributed by atoms with van der Waals surface area (Å²) in [5, 5.41) is 8.27. The minimum atomic E-state index is -1.22. The molecule has 0 fully saturated rings. The van der Waals surface area contributed by atoms with Crippen LogP contribution >= 0.6 is 47.4 Å². The van der Waals surface area contributed by atoms with Gasteiger partial charge >= 0.3 is 0 Å². The Bertz CT molecular complexity index is 534. The number of alkyl halides is 1. The molecule has 0 bridgehead atoms. The molecule has 0 aliphatic heterocycles. The van der Waals surface area contributed by atoms with Crippen LogP contribution in [0.5, 0.6) is 0 Å². The molecule has 1 unspecified atom stereocenters.